The monoisotopic (exact) mass is 154 g/mol. The van der Waals surface area contributed by atoms with Crippen molar-refractivity contribution in [2.45, 2.75) is 18.9 Å². The molecule has 0 aromatic carbocycles. The van der Waals surface area contributed by atoms with Crippen LogP contribution in [-0.2, 0) is 0 Å². The first-order valence-corrected chi connectivity index (χ1v) is 4.18. The molecule has 2 rings (SSSR count). The quantitative estimate of drug-likeness (QED) is 0.537. The summed E-state index contributed by atoms with van der Waals surface area (Å²) in [7, 11) is 0. The SMILES string of the molecule is C1=NCN(C2CCNCC2)N1. The lowest BCUT2D eigenvalue weighted by Gasteiger charge is -2.30. The van der Waals surface area contributed by atoms with Gasteiger partial charge >= 0.3 is 0 Å². The van der Waals surface area contributed by atoms with E-state index in [9.17, 15) is 0 Å². The maximum atomic E-state index is 4.11. The second-order valence-electron chi connectivity index (χ2n) is 3.03. The Labute approximate surface area is 66.6 Å². The lowest BCUT2D eigenvalue weighted by atomic mass is 10.1. The van der Waals surface area contributed by atoms with Gasteiger partial charge in [-0.05, 0) is 25.9 Å². The summed E-state index contributed by atoms with van der Waals surface area (Å²) >= 11 is 0. The summed E-state index contributed by atoms with van der Waals surface area (Å²) in [5.41, 5.74) is 3.14. The van der Waals surface area contributed by atoms with Gasteiger partial charge in [-0.25, -0.2) is 0 Å². The van der Waals surface area contributed by atoms with E-state index in [0.29, 0.717) is 6.04 Å². The summed E-state index contributed by atoms with van der Waals surface area (Å²) in [6.45, 7) is 3.11. The van der Waals surface area contributed by atoms with E-state index in [1.807, 2.05) is 0 Å². The molecule has 4 heteroatoms. The molecule has 0 aromatic rings. The Kier molecular flexibility index (Phi) is 2.05. The van der Waals surface area contributed by atoms with Crippen molar-refractivity contribution in [3.63, 3.8) is 0 Å². The fourth-order valence-electron chi connectivity index (χ4n) is 1.62. The molecule has 1 saturated heterocycles. The van der Waals surface area contributed by atoms with Crippen molar-refractivity contribution in [2.24, 2.45) is 4.99 Å². The van der Waals surface area contributed by atoms with Crippen LogP contribution in [0.15, 0.2) is 4.99 Å². The van der Waals surface area contributed by atoms with Crippen molar-refractivity contribution in [1.29, 1.82) is 0 Å². The van der Waals surface area contributed by atoms with Crippen molar-refractivity contribution in [3.05, 3.63) is 0 Å². The molecule has 0 aliphatic carbocycles. The summed E-state index contributed by atoms with van der Waals surface area (Å²) in [6, 6.07) is 0.679. The van der Waals surface area contributed by atoms with Gasteiger partial charge in [-0.2, -0.15) is 5.01 Å². The number of piperidine rings is 1. The van der Waals surface area contributed by atoms with Crippen LogP contribution >= 0.6 is 0 Å². The molecule has 0 radical (unpaired) electrons. The van der Waals surface area contributed by atoms with Gasteiger partial charge in [0.1, 0.15) is 6.67 Å². The Morgan fingerprint density at radius 2 is 2.18 bits per heavy atom. The number of rotatable bonds is 1. The molecule has 0 aromatic heterocycles. The van der Waals surface area contributed by atoms with Crippen LogP contribution in [0, 0.1) is 0 Å². The van der Waals surface area contributed by atoms with E-state index in [1.54, 1.807) is 6.34 Å². The summed E-state index contributed by atoms with van der Waals surface area (Å²) in [5, 5.41) is 5.55. The van der Waals surface area contributed by atoms with Gasteiger partial charge in [-0.1, -0.05) is 0 Å². The lowest BCUT2D eigenvalue weighted by molar-refractivity contribution is 0.152. The second kappa shape index (κ2) is 3.19. The molecule has 2 N–H and O–H groups in total. The molecule has 11 heavy (non-hydrogen) atoms. The van der Waals surface area contributed by atoms with E-state index in [0.717, 1.165) is 19.8 Å². The highest BCUT2D eigenvalue weighted by Gasteiger charge is 2.21. The Morgan fingerprint density at radius 1 is 1.36 bits per heavy atom. The van der Waals surface area contributed by atoms with E-state index in [1.165, 1.54) is 12.8 Å². The normalized spacial score (nSPS) is 27.3. The molecule has 0 atom stereocenters. The highest BCUT2D eigenvalue weighted by atomic mass is 15.6. The Bertz CT molecular complexity index is 143. The van der Waals surface area contributed by atoms with Gasteiger partial charge in [-0.15, -0.1) is 0 Å². The number of hydrazine groups is 1. The Balaban J connectivity index is 1.83. The van der Waals surface area contributed by atoms with E-state index < -0.39 is 0 Å². The van der Waals surface area contributed by atoms with Crippen LogP contribution in [-0.4, -0.2) is 37.1 Å². The summed E-state index contributed by atoms with van der Waals surface area (Å²) in [6.07, 6.45) is 4.24. The number of hydrogen-bond acceptors (Lipinski definition) is 4. The average molecular weight is 154 g/mol. The molecule has 0 spiro atoms. The van der Waals surface area contributed by atoms with Gasteiger partial charge < -0.3 is 10.7 Å². The van der Waals surface area contributed by atoms with Crippen molar-refractivity contribution < 1.29 is 0 Å². The fraction of sp³-hybridized carbons (Fsp3) is 0.857. The van der Waals surface area contributed by atoms with Crippen molar-refractivity contribution in [1.82, 2.24) is 15.8 Å². The molecule has 2 aliphatic rings. The topological polar surface area (TPSA) is 39.7 Å². The minimum absolute atomic E-state index is 0.679. The standard InChI is InChI=1S/C7H14N4/c1-3-8-4-2-7(1)11-6-9-5-10-11/h5,7-8H,1-4,6H2,(H,9,10). The highest BCUT2D eigenvalue weighted by Crippen LogP contribution is 2.10. The minimum atomic E-state index is 0.679. The first-order valence-electron chi connectivity index (χ1n) is 4.18. The molecule has 1 fully saturated rings. The third-order valence-corrected chi connectivity index (χ3v) is 2.30. The molecule has 0 bridgehead atoms. The third-order valence-electron chi connectivity index (χ3n) is 2.30. The van der Waals surface area contributed by atoms with Gasteiger partial charge in [0, 0.05) is 6.04 Å². The summed E-state index contributed by atoms with van der Waals surface area (Å²) < 4.78 is 0. The van der Waals surface area contributed by atoms with Gasteiger partial charge in [0.05, 0.1) is 6.34 Å². The molecule has 0 unspecified atom stereocenters. The number of nitrogens with zero attached hydrogens (tertiary/aromatic N) is 2. The molecule has 2 heterocycles. The van der Waals surface area contributed by atoms with E-state index >= 15 is 0 Å². The maximum Gasteiger partial charge on any atom is 0.110 e. The maximum absolute atomic E-state index is 4.11. The van der Waals surface area contributed by atoms with Crippen molar-refractivity contribution in [2.75, 3.05) is 19.8 Å². The predicted molar refractivity (Wildman–Crippen MR) is 44.2 cm³/mol. The van der Waals surface area contributed by atoms with Crippen LogP contribution in [0.3, 0.4) is 0 Å². The number of hydrogen-bond donors (Lipinski definition) is 2. The van der Waals surface area contributed by atoms with Gasteiger partial charge in [0.15, 0.2) is 0 Å². The second-order valence-corrected chi connectivity index (χ2v) is 3.03. The smallest absolute Gasteiger partial charge is 0.110 e. The summed E-state index contributed by atoms with van der Waals surface area (Å²) in [4.78, 5) is 4.11. The Hall–Kier alpha value is -0.610. The van der Waals surface area contributed by atoms with E-state index in [-0.39, 0.29) is 0 Å². The first-order chi connectivity index (χ1) is 5.47. The van der Waals surface area contributed by atoms with Crippen LogP contribution in [0.2, 0.25) is 0 Å². The van der Waals surface area contributed by atoms with Gasteiger partial charge in [0.25, 0.3) is 0 Å². The predicted octanol–water partition coefficient (Wildman–Crippen LogP) is -0.456. The first kappa shape index (κ1) is 7.06. The van der Waals surface area contributed by atoms with Crippen molar-refractivity contribution >= 4 is 6.34 Å². The highest BCUT2D eigenvalue weighted by molar-refractivity contribution is 5.55. The van der Waals surface area contributed by atoms with Gasteiger partial charge in [-0.3, -0.25) is 4.99 Å². The van der Waals surface area contributed by atoms with Gasteiger partial charge in [0.2, 0.25) is 0 Å². The minimum Gasteiger partial charge on any atom is -0.317 e. The third kappa shape index (κ3) is 1.52. The molecule has 62 valence electrons. The number of aliphatic imine (C=N–C) groups is 1. The Morgan fingerprint density at radius 3 is 2.82 bits per heavy atom. The van der Waals surface area contributed by atoms with Crippen molar-refractivity contribution in [3.8, 4) is 0 Å². The van der Waals surface area contributed by atoms with Crippen LogP contribution < -0.4 is 10.7 Å². The fourth-order valence-corrected chi connectivity index (χ4v) is 1.62. The van der Waals surface area contributed by atoms with Crippen LogP contribution in [0.5, 0.6) is 0 Å². The number of nitrogens with one attached hydrogen (secondary N) is 2. The van der Waals surface area contributed by atoms with Crippen LogP contribution in [0.25, 0.3) is 0 Å². The lowest BCUT2D eigenvalue weighted by Crippen LogP contribution is -2.46. The molecule has 0 saturated carbocycles. The van der Waals surface area contributed by atoms with E-state index in [4.69, 9.17) is 0 Å². The largest absolute Gasteiger partial charge is 0.317 e. The average Bonchev–Trinajstić information content (AvgIpc) is 2.58. The van der Waals surface area contributed by atoms with Crippen LogP contribution in [0.4, 0.5) is 0 Å². The zero-order chi connectivity index (χ0) is 7.52. The summed E-state index contributed by atoms with van der Waals surface area (Å²) in [5.74, 6) is 0. The van der Waals surface area contributed by atoms with Crippen LogP contribution in [0.1, 0.15) is 12.8 Å². The van der Waals surface area contributed by atoms with E-state index in [2.05, 4.69) is 20.7 Å². The molecule has 0 amide bonds. The molecule has 2 aliphatic heterocycles. The molecular formula is C7H14N4. The molecular weight excluding hydrogens is 140 g/mol. The molecule has 4 nitrogen and oxygen atoms in total. The zero-order valence-corrected chi connectivity index (χ0v) is 6.58. The zero-order valence-electron chi connectivity index (χ0n) is 6.58.